The van der Waals surface area contributed by atoms with E-state index >= 15 is 4.79 Å². The van der Waals surface area contributed by atoms with Crippen LogP contribution >= 0.6 is 0 Å². The predicted molar refractivity (Wildman–Crippen MR) is 289 cm³/mol. The third-order valence-electron chi connectivity index (χ3n) is 23.1. The summed E-state index contributed by atoms with van der Waals surface area (Å²) in [5.41, 5.74) is -1.63. The van der Waals surface area contributed by atoms with Gasteiger partial charge < -0.3 is 129 Å². The van der Waals surface area contributed by atoms with Crippen LogP contribution in [0.3, 0.4) is 0 Å². The maximum absolute atomic E-state index is 15.2. The van der Waals surface area contributed by atoms with Crippen LogP contribution in [-0.2, 0) is 52.2 Å². The molecule has 0 radical (unpaired) electrons. The number of aliphatic hydroxyl groups excluding tert-OH is 16. The first-order valence-corrected chi connectivity index (χ1v) is 30.7. The van der Waals surface area contributed by atoms with Crippen LogP contribution in [0.15, 0.2) is 11.6 Å². The Hall–Kier alpha value is -1.79. The average Bonchev–Trinajstić information content (AvgIpc) is 0.700. The van der Waals surface area contributed by atoms with Crippen LogP contribution in [0.2, 0.25) is 0 Å². The van der Waals surface area contributed by atoms with Gasteiger partial charge in [0.15, 0.2) is 25.2 Å². The number of hydrogen-bond acceptors (Lipinski definition) is 27. The molecule has 16 N–H and O–H groups in total. The molecule has 5 heterocycles. The summed E-state index contributed by atoms with van der Waals surface area (Å²) in [7, 11) is 0. The summed E-state index contributed by atoms with van der Waals surface area (Å²) in [6.07, 6.45) is -31.9. The Morgan fingerprint density at radius 1 is 0.523 bits per heavy atom. The molecular weight excluding hydrogens is 1140 g/mol. The minimum atomic E-state index is -1.92. The molecule has 10 rings (SSSR count). The Bertz CT molecular complexity index is 2380. The Balaban J connectivity index is 0.885. The van der Waals surface area contributed by atoms with Gasteiger partial charge in [0, 0.05) is 0 Å². The summed E-state index contributed by atoms with van der Waals surface area (Å²) in [4.78, 5) is 15.2. The number of aliphatic hydroxyl groups is 16. The lowest BCUT2D eigenvalue weighted by atomic mass is 9.33. The van der Waals surface area contributed by atoms with Crippen molar-refractivity contribution in [3.05, 3.63) is 11.6 Å². The molecule has 0 bridgehead atoms. The molecule has 27 heteroatoms. The van der Waals surface area contributed by atoms with Crippen molar-refractivity contribution in [3.8, 4) is 0 Å². The highest BCUT2D eigenvalue weighted by molar-refractivity contribution is 5.79. The third kappa shape index (κ3) is 11.3. The molecule has 0 unspecified atom stereocenters. The molecule has 4 saturated carbocycles. The molecule has 0 amide bonds. The second-order valence-electron chi connectivity index (χ2n) is 28.7. The average molecular weight is 1240 g/mol. The highest BCUT2D eigenvalue weighted by Gasteiger charge is 2.70. The molecule has 0 aromatic heterocycles. The summed E-state index contributed by atoms with van der Waals surface area (Å²) < 4.78 is 60.4. The molecule has 10 aliphatic rings. The standard InChI is InChI=1S/C59H96O27/c1-54(2)14-16-59(53(76)86-51-45(75)41(71)37(67)30(82-51)23-78-48-43(73)39(69)35(65)27(19-60)79-48)17-15-57(6)24(25(59)18-54)8-9-32-56(5)12-11-33(55(3,4)31(56)10-13-58(32,57)7)83-52-47(85-49-42(72)34(64)26(63)22-77-49)46(38(68)29(21-62)81-52)84-50-44(74)40(70)36(66)28(20-61)80-50/h8,25-52,60-75H,9-23H2,1-7H3/t25-,26+,27+,28+,29+,30+,31-,32+,33-,34-,35+,36+,37+,38-,39-,40-,41-,42+,43+,44+,45+,46-,47+,48+,49-,50-,51-,52-,56-,57+,58+,59-/m0/s1. The maximum atomic E-state index is 15.2. The monoisotopic (exact) mass is 1240 g/mol. The second-order valence-corrected chi connectivity index (χ2v) is 28.7. The van der Waals surface area contributed by atoms with Gasteiger partial charge in [0.25, 0.3) is 0 Å². The van der Waals surface area contributed by atoms with Gasteiger partial charge in [-0.3, -0.25) is 4.79 Å². The number of carbonyl (C=O) groups is 1. The lowest BCUT2D eigenvalue weighted by molar-refractivity contribution is -0.395. The Kier molecular flexibility index (Phi) is 19.4. The first-order chi connectivity index (χ1) is 40.3. The molecule has 86 heavy (non-hydrogen) atoms. The van der Waals surface area contributed by atoms with E-state index < -0.39 is 209 Å². The van der Waals surface area contributed by atoms with Crippen LogP contribution in [0.5, 0.6) is 0 Å². The largest absolute Gasteiger partial charge is 0.432 e. The van der Waals surface area contributed by atoms with Crippen LogP contribution in [-0.4, -0.2) is 274 Å². The highest BCUT2D eigenvalue weighted by Crippen LogP contribution is 2.76. The van der Waals surface area contributed by atoms with Gasteiger partial charge in [-0.1, -0.05) is 60.1 Å². The molecule has 5 aliphatic heterocycles. The zero-order valence-electron chi connectivity index (χ0n) is 50.0. The second kappa shape index (κ2) is 24.9. The summed E-state index contributed by atoms with van der Waals surface area (Å²) in [5, 5.41) is 171. The predicted octanol–water partition coefficient (Wildman–Crippen LogP) is -3.57. The number of carbonyl (C=O) groups excluding carboxylic acids is 1. The molecule has 0 spiro atoms. The normalized spacial score (nSPS) is 53.6. The van der Waals surface area contributed by atoms with Crippen molar-refractivity contribution in [2.45, 2.75) is 266 Å². The first kappa shape index (κ1) is 67.1. The quantitative estimate of drug-likeness (QED) is 0.0454. The minimum absolute atomic E-state index is 0.0300. The van der Waals surface area contributed by atoms with Crippen LogP contribution < -0.4 is 0 Å². The van der Waals surface area contributed by atoms with E-state index in [4.69, 9.17) is 47.4 Å². The Morgan fingerprint density at radius 2 is 1.06 bits per heavy atom. The number of allylic oxidation sites excluding steroid dienone is 2. The summed E-state index contributed by atoms with van der Waals surface area (Å²) >= 11 is 0. The lowest BCUT2D eigenvalue weighted by Gasteiger charge is -2.71. The van der Waals surface area contributed by atoms with Gasteiger partial charge in [-0.05, 0) is 109 Å². The molecular formula is C59H96O27. The molecule has 27 nitrogen and oxygen atoms in total. The van der Waals surface area contributed by atoms with Crippen molar-refractivity contribution < 1.29 is 134 Å². The van der Waals surface area contributed by atoms with Crippen molar-refractivity contribution in [2.24, 2.45) is 50.2 Å². The fourth-order valence-corrected chi connectivity index (χ4v) is 17.6. The number of esters is 1. The molecule has 5 aliphatic carbocycles. The molecule has 5 saturated heterocycles. The van der Waals surface area contributed by atoms with Crippen LogP contribution in [0, 0.1) is 50.2 Å². The molecule has 0 aromatic rings. The van der Waals surface area contributed by atoms with E-state index in [1.807, 2.05) is 0 Å². The van der Waals surface area contributed by atoms with E-state index in [1.54, 1.807) is 0 Å². The third-order valence-corrected chi connectivity index (χ3v) is 23.1. The van der Waals surface area contributed by atoms with Crippen molar-refractivity contribution in [2.75, 3.05) is 33.0 Å². The van der Waals surface area contributed by atoms with E-state index in [0.717, 1.165) is 12.8 Å². The fourth-order valence-electron chi connectivity index (χ4n) is 17.6. The smallest absolute Gasteiger partial charge is 0.315 e. The van der Waals surface area contributed by atoms with E-state index in [9.17, 15) is 81.7 Å². The van der Waals surface area contributed by atoms with Crippen molar-refractivity contribution in [1.29, 1.82) is 0 Å². The zero-order valence-corrected chi connectivity index (χ0v) is 50.0. The van der Waals surface area contributed by atoms with E-state index in [1.165, 1.54) is 5.57 Å². The summed E-state index contributed by atoms with van der Waals surface area (Å²) in [6.45, 7) is 12.4. The van der Waals surface area contributed by atoms with Gasteiger partial charge in [0.1, 0.15) is 116 Å². The molecule has 494 valence electrons. The van der Waals surface area contributed by atoms with Gasteiger partial charge in [-0.25, -0.2) is 0 Å². The number of hydrogen-bond donors (Lipinski definition) is 16. The molecule has 0 aromatic carbocycles. The van der Waals surface area contributed by atoms with E-state index in [-0.39, 0.29) is 34.0 Å². The summed E-state index contributed by atoms with van der Waals surface area (Å²) in [5.74, 6) is -0.719. The van der Waals surface area contributed by atoms with Crippen LogP contribution in [0.25, 0.3) is 0 Å². The fraction of sp³-hybridized carbons (Fsp3) is 0.949. The maximum Gasteiger partial charge on any atom is 0.315 e. The molecule has 9 fully saturated rings. The SMILES string of the molecule is CC1(C)CC[C@]2(C(=O)O[C@@H]3O[C@H](CO[C@@H]4O[C@H](CO)[C@@H](O)[C@H](O)[C@H]4O)[C@@H](O)[C@H](O)[C@H]3O)CC[C@]3(C)C(=CC[C@@H]4[C@@]5(C)CC[C@H](O[C@@H]6O[C@H](CO)[C@H](O)[C@H](O[C@@H]7O[C@H](CO)[C@@H](O)[C@H](O)[C@H]7O)[C@H]6O[C@@H]6OC[C@@H](O)[C@H](O)[C@H]6O)C(C)(C)[C@@H]5CC[C@]43C)[C@@H]2C1. The first-order valence-electron chi connectivity index (χ1n) is 30.7. The Morgan fingerprint density at radius 3 is 1.70 bits per heavy atom. The Labute approximate surface area is 499 Å². The number of fused-ring (bicyclic) bond motifs is 7. The van der Waals surface area contributed by atoms with Gasteiger partial charge in [0.2, 0.25) is 6.29 Å². The zero-order chi connectivity index (χ0) is 62.7. The van der Waals surface area contributed by atoms with Gasteiger partial charge in [-0.2, -0.15) is 0 Å². The topological polar surface area (TPSA) is 433 Å². The van der Waals surface area contributed by atoms with Crippen LogP contribution in [0.1, 0.15) is 113 Å². The van der Waals surface area contributed by atoms with E-state index in [2.05, 4.69) is 54.5 Å². The number of rotatable bonds is 14. The van der Waals surface area contributed by atoms with Crippen LogP contribution in [0.4, 0.5) is 0 Å². The minimum Gasteiger partial charge on any atom is -0.432 e. The molecule has 32 atom stereocenters. The highest BCUT2D eigenvalue weighted by atomic mass is 16.8. The van der Waals surface area contributed by atoms with Gasteiger partial charge >= 0.3 is 5.97 Å². The van der Waals surface area contributed by atoms with Gasteiger partial charge in [0.05, 0.1) is 44.6 Å². The van der Waals surface area contributed by atoms with Crippen molar-refractivity contribution in [1.82, 2.24) is 0 Å². The summed E-state index contributed by atoms with van der Waals surface area (Å²) in [6, 6.07) is 0. The number of ether oxygens (including phenoxy) is 10. The lowest BCUT2D eigenvalue weighted by Crippen LogP contribution is -2.68. The van der Waals surface area contributed by atoms with Crippen molar-refractivity contribution in [3.63, 3.8) is 0 Å². The van der Waals surface area contributed by atoms with Gasteiger partial charge in [-0.15, -0.1) is 0 Å². The van der Waals surface area contributed by atoms with E-state index in [0.29, 0.717) is 51.4 Å². The van der Waals surface area contributed by atoms with Crippen molar-refractivity contribution >= 4 is 5.97 Å².